The van der Waals surface area contributed by atoms with E-state index in [0.29, 0.717) is 6.42 Å². The molecule has 0 saturated heterocycles. The summed E-state index contributed by atoms with van der Waals surface area (Å²) >= 11 is 5.62. The minimum atomic E-state index is -0.720. The first-order valence-electron chi connectivity index (χ1n) is 6.02. The van der Waals surface area contributed by atoms with Gasteiger partial charge < -0.3 is 10.4 Å². The molecule has 0 aliphatic heterocycles. The molecule has 3 nitrogen and oxygen atoms in total. The van der Waals surface area contributed by atoms with Gasteiger partial charge in [0.1, 0.15) is 0 Å². The number of amides is 1. The first-order chi connectivity index (χ1) is 8.59. The van der Waals surface area contributed by atoms with E-state index in [4.69, 9.17) is 11.6 Å². The van der Waals surface area contributed by atoms with Gasteiger partial charge in [-0.2, -0.15) is 0 Å². The van der Waals surface area contributed by atoms with Crippen LogP contribution in [0.2, 0.25) is 5.02 Å². The lowest BCUT2D eigenvalue weighted by atomic mass is 9.92. The van der Waals surface area contributed by atoms with Crippen molar-refractivity contribution >= 4 is 17.5 Å². The highest BCUT2D eigenvalue weighted by molar-refractivity contribution is 6.31. The minimum Gasteiger partial charge on any atom is -0.391 e. The molecular weight excluding hydrogens is 257 g/mol. The van der Waals surface area contributed by atoms with E-state index in [0.717, 1.165) is 19.3 Å². The third kappa shape index (κ3) is 2.82. The highest BCUT2D eigenvalue weighted by atomic mass is 35.5. The molecule has 1 amide bonds. The molecular formula is C13H15ClFNO2. The van der Waals surface area contributed by atoms with Crippen LogP contribution in [0.1, 0.15) is 36.0 Å². The minimum absolute atomic E-state index is 0.0770. The second-order valence-electron chi connectivity index (χ2n) is 4.53. The quantitative estimate of drug-likeness (QED) is 0.868. The van der Waals surface area contributed by atoms with Crippen molar-refractivity contribution < 1.29 is 14.3 Å². The molecule has 2 rings (SSSR count). The summed E-state index contributed by atoms with van der Waals surface area (Å²) in [5.74, 6) is -1.25. The molecule has 0 heterocycles. The molecule has 1 aromatic carbocycles. The molecule has 98 valence electrons. The van der Waals surface area contributed by atoms with Crippen LogP contribution in [0, 0.1) is 5.82 Å². The van der Waals surface area contributed by atoms with Crippen molar-refractivity contribution in [1.29, 1.82) is 0 Å². The van der Waals surface area contributed by atoms with Crippen molar-refractivity contribution in [2.75, 3.05) is 0 Å². The number of aliphatic hydroxyl groups is 1. The van der Waals surface area contributed by atoms with Gasteiger partial charge in [0.05, 0.1) is 22.7 Å². The fraction of sp³-hybridized carbons (Fsp3) is 0.462. The molecule has 5 heteroatoms. The average Bonchev–Trinajstić information content (AvgIpc) is 2.35. The normalized spacial score (nSPS) is 23.7. The number of carbonyl (C=O) groups is 1. The maximum atomic E-state index is 13.6. The van der Waals surface area contributed by atoms with Crippen molar-refractivity contribution in [2.24, 2.45) is 0 Å². The largest absolute Gasteiger partial charge is 0.391 e. The average molecular weight is 272 g/mol. The first-order valence-corrected chi connectivity index (χ1v) is 6.40. The molecule has 1 aromatic rings. The molecule has 2 unspecified atom stereocenters. The third-order valence-electron chi connectivity index (χ3n) is 3.24. The SMILES string of the molecule is O=C(NC1CCCCC1O)c1cccc(Cl)c1F. The Morgan fingerprint density at radius 3 is 2.83 bits per heavy atom. The number of aliphatic hydroxyl groups excluding tert-OH is 1. The lowest BCUT2D eigenvalue weighted by molar-refractivity contribution is 0.0714. The number of rotatable bonds is 2. The fourth-order valence-electron chi connectivity index (χ4n) is 2.20. The van der Waals surface area contributed by atoms with Crippen molar-refractivity contribution in [3.8, 4) is 0 Å². The number of nitrogens with one attached hydrogen (secondary N) is 1. The van der Waals surface area contributed by atoms with Crippen LogP contribution >= 0.6 is 11.6 Å². The Kier molecular flexibility index (Phi) is 4.19. The van der Waals surface area contributed by atoms with Gasteiger partial charge in [-0.15, -0.1) is 0 Å². The maximum Gasteiger partial charge on any atom is 0.254 e. The number of hydrogen-bond donors (Lipinski definition) is 2. The van der Waals surface area contributed by atoms with Gasteiger partial charge in [0.25, 0.3) is 5.91 Å². The van der Waals surface area contributed by atoms with Gasteiger partial charge in [-0.25, -0.2) is 4.39 Å². The van der Waals surface area contributed by atoms with Crippen LogP contribution in [-0.4, -0.2) is 23.2 Å². The number of halogens is 2. The summed E-state index contributed by atoms with van der Waals surface area (Å²) in [6.07, 6.45) is 2.75. The molecule has 2 atom stereocenters. The Balaban J connectivity index is 2.09. The van der Waals surface area contributed by atoms with E-state index >= 15 is 0 Å². The predicted octanol–water partition coefficient (Wildman–Crippen LogP) is 2.51. The van der Waals surface area contributed by atoms with E-state index in [-0.39, 0.29) is 16.6 Å². The summed E-state index contributed by atoms with van der Waals surface area (Å²) in [7, 11) is 0. The van der Waals surface area contributed by atoms with E-state index < -0.39 is 17.8 Å². The van der Waals surface area contributed by atoms with Crippen LogP contribution < -0.4 is 5.32 Å². The molecule has 1 aliphatic rings. The van der Waals surface area contributed by atoms with Crippen molar-refractivity contribution in [3.05, 3.63) is 34.6 Å². The van der Waals surface area contributed by atoms with Crippen LogP contribution in [0.5, 0.6) is 0 Å². The van der Waals surface area contributed by atoms with Crippen molar-refractivity contribution in [3.63, 3.8) is 0 Å². The molecule has 0 bridgehead atoms. The van der Waals surface area contributed by atoms with Crippen LogP contribution in [0.15, 0.2) is 18.2 Å². The molecule has 18 heavy (non-hydrogen) atoms. The highest BCUT2D eigenvalue weighted by Gasteiger charge is 2.25. The Morgan fingerprint density at radius 2 is 2.11 bits per heavy atom. The fourth-order valence-corrected chi connectivity index (χ4v) is 2.38. The second kappa shape index (κ2) is 5.67. The number of benzene rings is 1. The lowest BCUT2D eigenvalue weighted by Gasteiger charge is -2.28. The summed E-state index contributed by atoms with van der Waals surface area (Å²) in [5, 5.41) is 12.3. The molecule has 1 aliphatic carbocycles. The zero-order valence-corrected chi connectivity index (χ0v) is 10.6. The molecule has 1 fully saturated rings. The zero-order chi connectivity index (χ0) is 13.1. The van der Waals surface area contributed by atoms with Gasteiger partial charge in [0.15, 0.2) is 5.82 Å². The summed E-state index contributed by atoms with van der Waals surface area (Å²) < 4.78 is 13.6. The van der Waals surface area contributed by atoms with Crippen LogP contribution in [0.25, 0.3) is 0 Å². The van der Waals surface area contributed by atoms with Gasteiger partial charge in [0.2, 0.25) is 0 Å². The number of carbonyl (C=O) groups excluding carboxylic acids is 1. The topological polar surface area (TPSA) is 49.3 Å². The summed E-state index contributed by atoms with van der Waals surface area (Å²) in [4.78, 5) is 11.9. The molecule has 0 radical (unpaired) electrons. The Morgan fingerprint density at radius 1 is 1.39 bits per heavy atom. The predicted molar refractivity (Wildman–Crippen MR) is 67.1 cm³/mol. The molecule has 1 saturated carbocycles. The van der Waals surface area contributed by atoms with Crippen LogP contribution in [0.3, 0.4) is 0 Å². The number of hydrogen-bond acceptors (Lipinski definition) is 2. The maximum absolute atomic E-state index is 13.6. The molecule has 0 aromatic heterocycles. The summed E-state index contributed by atoms with van der Waals surface area (Å²) in [5.41, 5.74) is -0.0831. The second-order valence-corrected chi connectivity index (χ2v) is 4.94. The summed E-state index contributed by atoms with van der Waals surface area (Å²) in [6, 6.07) is 4.00. The van der Waals surface area contributed by atoms with Gasteiger partial charge in [0, 0.05) is 0 Å². The first kappa shape index (κ1) is 13.3. The summed E-state index contributed by atoms with van der Waals surface area (Å²) in [6.45, 7) is 0. The van der Waals surface area contributed by atoms with E-state index in [1.807, 2.05) is 0 Å². The zero-order valence-electron chi connectivity index (χ0n) is 9.83. The van der Waals surface area contributed by atoms with Gasteiger partial charge in [-0.1, -0.05) is 30.5 Å². The van der Waals surface area contributed by atoms with Gasteiger partial charge in [-0.3, -0.25) is 4.79 Å². The molecule has 0 spiro atoms. The lowest BCUT2D eigenvalue weighted by Crippen LogP contribution is -2.45. The van der Waals surface area contributed by atoms with E-state index in [2.05, 4.69) is 5.32 Å². The monoisotopic (exact) mass is 271 g/mol. The Labute approximate surface area is 110 Å². The highest BCUT2D eigenvalue weighted by Crippen LogP contribution is 2.21. The van der Waals surface area contributed by atoms with Crippen molar-refractivity contribution in [2.45, 2.75) is 37.8 Å². The van der Waals surface area contributed by atoms with Gasteiger partial charge >= 0.3 is 0 Å². The van der Waals surface area contributed by atoms with Crippen LogP contribution in [-0.2, 0) is 0 Å². The van der Waals surface area contributed by atoms with E-state index in [1.54, 1.807) is 0 Å². The molecule has 2 N–H and O–H groups in total. The van der Waals surface area contributed by atoms with E-state index in [9.17, 15) is 14.3 Å². The third-order valence-corrected chi connectivity index (χ3v) is 3.53. The standard InChI is InChI=1S/C13H15ClFNO2/c14-9-5-3-4-8(12(9)15)13(18)16-10-6-1-2-7-11(10)17/h3-5,10-11,17H,1-2,6-7H2,(H,16,18). The Hall–Kier alpha value is -1.13. The van der Waals surface area contributed by atoms with Crippen molar-refractivity contribution in [1.82, 2.24) is 5.32 Å². The Bertz CT molecular complexity index is 453. The van der Waals surface area contributed by atoms with Crippen LogP contribution in [0.4, 0.5) is 4.39 Å². The van der Waals surface area contributed by atoms with E-state index in [1.165, 1.54) is 18.2 Å². The smallest absolute Gasteiger partial charge is 0.254 e. The van der Waals surface area contributed by atoms with Gasteiger partial charge in [-0.05, 0) is 25.0 Å².